The summed E-state index contributed by atoms with van der Waals surface area (Å²) in [5.74, 6) is -1.41. The predicted octanol–water partition coefficient (Wildman–Crippen LogP) is 5.82. The second-order valence-corrected chi connectivity index (χ2v) is 9.70. The van der Waals surface area contributed by atoms with Crippen molar-refractivity contribution in [1.29, 1.82) is 0 Å². The fourth-order valence-electron chi connectivity index (χ4n) is 4.34. The van der Waals surface area contributed by atoms with Crippen molar-refractivity contribution >= 4 is 40.4 Å². The van der Waals surface area contributed by atoms with Crippen molar-refractivity contribution in [2.75, 3.05) is 12.3 Å². The Morgan fingerprint density at radius 1 is 1.02 bits per heavy atom. The molecule has 1 aliphatic rings. The molecule has 214 valence electrons. The number of aliphatic carboxylic acids is 1. The molecule has 4 aromatic rings. The third-order valence-electron chi connectivity index (χ3n) is 6.70. The number of nitrogens with zero attached hydrogens (tertiary/aromatic N) is 3. The highest BCUT2D eigenvalue weighted by Crippen LogP contribution is 2.33. The van der Waals surface area contributed by atoms with Gasteiger partial charge in [0.25, 0.3) is 0 Å². The Morgan fingerprint density at radius 2 is 1.61 bits per heavy atom. The zero-order valence-electron chi connectivity index (χ0n) is 22.9. The van der Waals surface area contributed by atoms with Crippen LogP contribution in [0.2, 0.25) is 5.28 Å². The van der Waals surface area contributed by atoms with Crippen LogP contribution in [0, 0.1) is 12.8 Å². The maximum Gasteiger partial charge on any atom is 0.313 e. The zero-order chi connectivity index (χ0) is 29.9. The molecule has 0 unspecified atom stereocenters. The van der Waals surface area contributed by atoms with E-state index in [4.69, 9.17) is 31.9 Å². The van der Waals surface area contributed by atoms with Gasteiger partial charge < -0.3 is 24.9 Å². The molecule has 9 nitrogen and oxygen atoms in total. The average Bonchev–Trinajstić information content (AvgIpc) is 3.64. The van der Waals surface area contributed by atoms with E-state index in [1.54, 1.807) is 6.92 Å². The van der Waals surface area contributed by atoms with Crippen molar-refractivity contribution in [3.8, 4) is 12.8 Å². The summed E-state index contributed by atoms with van der Waals surface area (Å²) in [5, 5.41) is 9.47. The van der Waals surface area contributed by atoms with Crippen LogP contribution in [0.3, 0.4) is 0 Å². The molecule has 0 spiro atoms. The van der Waals surface area contributed by atoms with Crippen LogP contribution < -0.4 is 5.73 Å². The fourth-order valence-corrected chi connectivity index (χ4v) is 4.51. The Balaban J connectivity index is 0.000000299. The number of benzene rings is 2. The van der Waals surface area contributed by atoms with Crippen molar-refractivity contribution in [3.05, 3.63) is 89.3 Å². The summed E-state index contributed by atoms with van der Waals surface area (Å²) in [6, 6.07) is 20.6. The summed E-state index contributed by atoms with van der Waals surface area (Å²) in [5.41, 5.74) is 8.33. The highest BCUT2D eigenvalue weighted by Gasteiger charge is 2.29. The Hall–Kier alpha value is -4.39. The molecule has 5 rings (SSSR count). The molecule has 3 N–H and O–H groups in total. The molecular weight excluding hydrogens is 544 g/mol. The highest BCUT2D eigenvalue weighted by molar-refractivity contribution is 6.28. The lowest BCUT2D eigenvalue weighted by atomic mass is 10.0. The number of fused-ring (bicyclic) bond motifs is 1. The van der Waals surface area contributed by atoms with E-state index in [0.29, 0.717) is 11.5 Å². The summed E-state index contributed by atoms with van der Waals surface area (Å²) in [4.78, 5) is 31.1. The first-order valence-corrected chi connectivity index (χ1v) is 13.4. The molecule has 4 atom stereocenters. The molecule has 0 amide bonds. The molecule has 41 heavy (non-hydrogen) atoms. The number of nitrogens with two attached hydrogens (primary N) is 1. The second kappa shape index (κ2) is 14.8. The predicted molar refractivity (Wildman–Crippen MR) is 158 cm³/mol. The summed E-state index contributed by atoms with van der Waals surface area (Å²) < 4.78 is 13.5. The molecule has 3 heterocycles. The van der Waals surface area contributed by atoms with E-state index in [2.05, 4.69) is 22.8 Å². The fraction of sp³-hybridized carbons (Fsp3) is 0.290. The van der Waals surface area contributed by atoms with E-state index < -0.39 is 11.9 Å². The first-order valence-electron chi connectivity index (χ1n) is 13.0. The second-order valence-electron chi connectivity index (χ2n) is 9.36. The molecule has 2 aromatic carbocycles. The van der Waals surface area contributed by atoms with Gasteiger partial charge in [-0.05, 0) is 55.5 Å². The van der Waals surface area contributed by atoms with Gasteiger partial charge in [-0.2, -0.15) is 4.98 Å². The number of aromatic nitrogens is 3. The third-order valence-corrected chi connectivity index (χ3v) is 6.87. The number of terminal acetylenes is 1. The number of rotatable bonds is 7. The van der Waals surface area contributed by atoms with Crippen LogP contribution in [0.25, 0.3) is 11.0 Å². The van der Waals surface area contributed by atoms with Gasteiger partial charge in [0.1, 0.15) is 24.3 Å². The van der Waals surface area contributed by atoms with Gasteiger partial charge in [-0.3, -0.25) is 9.59 Å². The van der Waals surface area contributed by atoms with Crippen LogP contribution in [0.1, 0.15) is 55.9 Å². The average molecular weight is 577 g/mol. The van der Waals surface area contributed by atoms with E-state index >= 15 is 0 Å². The van der Waals surface area contributed by atoms with E-state index in [1.807, 2.05) is 84.4 Å². The van der Waals surface area contributed by atoms with Crippen molar-refractivity contribution in [3.63, 3.8) is 0 Å². The number of nitrogen functional groups attached to an aromatic ring is 1. The minimum absolute atomic E-state index is 0.100. The van der Waals surface area contributed by atoms with Crippen molar-refractivity contribution in [1.82, 2.24) is 14.5 Å². The minimum Gasteiger partial charge on any atom is -0.481 e. The molecule has 1 fully saturated rings. The maximum absolute atomic E-state index is 12.3. The number of carbonyl (C=O) groups is 2. The van der Waals surface area contributed by atoms with Gasteiger partial charge in [-0.25, -0.2) is 4.98 Å². The molecule has 10 heteroatoms. The number of esters is 1. The highest BCUT2D eigenvalue weighted by atomic mass is 35.5. The number of hydrogen-bond acceptors (Lipinski definition) is 7. The lowest BCUT2D eigenvalue weighted by molar-refractivity contribution is -0.149. The van der Waals surface area contributed by atoms with Crippen molar-refractivity contribution in [2.45, 2.75) is 50.9 Å². The van der Waals surface area contributed by atoms with Crippen LogP contribution in [0.15, 0.2) is 72.9 Å². The Kier molecular flexibility index (Phi) is 11.3. The number of carboxylic acids is 1. The van der Waals surface area contributed by atoms with Crippen LogP contribution in [0.5, 0.6) is 0 Å². The monoisotopic (exact) mass is 576 g/mol. The van der Waals surface area contributed by atoms with Crippen molar-refractivity contribution < 1.29 is 24.2 Å². The van der Waals surface area contributed by atoms with Crippen molar-refractivity contribution in [2.24, 2.45) is 0 Å². The topological polar surface area (TPSA) is 130 Å². The van der Waals surface area contributed by atoms with E-state index in [-0.39, 0.29) is 36.1 Å². The lowest BCUT2D eigenvalue weighted by Gasteiger charge is -2.17. The largest absolute Gasteiger partial charge is 0.481 e. The summed E-state index contributed by atoms with van der Waals surface area (Å²) in [6.45, 7) is 3.75. The van der Waals surface area contributed by atoms with Crippen LogP contribution in [0.4, 0.5) is 5.82 Å². The Bertz CT molecular complexity index is 1460. The van der Waals surface area contributed by atoms with Gasteiger partial charge in [0.15, 0.2) is 0 Å². The molecule has 2 aromatic heterocycles. The number of halogens is 1. The smallest absolute Gasteiger partial charge is 0.313 e. The third kappa shape index (κ3) is 8.07. The van der Waals surface area contributed by atoms with Gasteiger partial charge >= 0.3 is 11.9 Å². The Labute approximate surface area is 244 Å². The van der Waals surface area contributed by atoms with E-state index in [9.17, 15) is 9.59 Å². The van der Waals surface area contributed by atoms with Gasteiger partial charge in [0, 0.05) is 6.20 Å². The zero-order valence-corrected chi connectivity index (χ0v) is 23.6. The summed E-state index contributed by atoms with van der Waals surface area (Å²) >= 11 is 5.94. The van der Waals surface area contributed by atoms with E-state index in [1.165, 1.54) is 0 Å². The SMILES string of the molecule is C#C.C[C@H](C(=O)O)c1ccccc1.C[C@H](C(=O)OC[C@@H]1CC[C@H](n2ccc3c(N)nc(Cl)nc32)O1)c1ccccc1. The number of carbonyl (C=O) groups excluding carboxylic acids is 1. The standard InChI is InChI=1S/C20H21ClN4O3.C9H10O2.C2H2/c1-12(13-5-3-2-4-6-13)19(26)27-11-14-7-8-16(28-14)25-10-9-15-17(22)23-20(21)24-18(15)25;1-7(9(10)11)8-5-3-2-4-6-8;1-2/h2-6,9-10,12,14,16H,7-8,11H2,1H3,(H2,22,23,24);2-7H,1H3,(H,10,11);1-2H/t12-,14-,16+;7-;/m00./s1. The molecule has 0 saturated carbocycles. The normalized spacial score (nSPS) is 17.3. The van der Waals surface area contributed by atoms with Gasteiger partial charge in [-0.1, -0.05) is 60.7 Å². The lowest BCUT2D eigenvalue weighted by Crippen LogP contribution is -2.22. The molecule has 0 aliphatic carbocycles. The Morgan fingerprint density at radius 3 is 2.20 bits per heavy atom. The minimum atomic E-state index is -0.781. The van der Waals surface area contributed by atoms with Gasteiger partial charge in [0.05, 0.1) is 23.3 Å². The van der Waals surface area contributed by atoms with Crippen LogP contribution in [-0.4, -0.2) is 44.3 Å². The molecule has 0 bridgehead atoms. The molecule has 1 saturated heterocycles. The number of carboxylic acid groups (broad SMARTS) is 1. The van der Waals surface area contributed by atoms with Crippen LogP contribution >= 0.6 is 11.6 Å². The number of hydrogen-bond donors (Lipinski definition) is 2. The summed E-state index contributed by atoms with van der Waals surface area (Å²) in [7, 11) is 0. The quantitative estimate of drug-likeness (QED) is 0.160. The molecular formula is C31H33ClN4O5. The number of ether oxygens (including phenoxy) is 2. The van der Waals surface area contributed by atoms with Crippen LogP contribution in [-0.2, 0) is 19.1 Å². The van der Waals surface area contributed by atoms with Gasteiger partial charge in [-0.15, -0.1) is 12.8 Å². The first kappa shape index (κ1) is 31.1. The molecule has 1 aliphatic heterocycles. The number of anilines is 1. The maximum atomic E-state index is 12.3. The first-order chi connectivity index (χ1) is 19.7. The van der Waals surface area contributed by atoms with E-state index in [0.717, 1.165) is 29.4 Å². The molecule has 0 radical (unpaired) electrons. The summed E-state index contributed by atoms with van der Waals surface area (Å²) in [6.07, 6.45) is 11.1. The van der Waals surface area contributed by atoms with Gasteiger partial charge in [0.2, 0.25) is 5.28 Å².